The van der Waals surface area contributed by atoms with Gasteiger partial charge in [-0.2, -0.15) is 0 Å². The third-order valence-corrected chi connectivity index (χ3v) is 7.18. The highest BCUT2D eigenvalue weighted by Crippen LogP contribution is 2.34. The van der Waals surface area contributed by atoms with E-state index >= 15 is 0 Å². The number of hydrogen-bond acceptors (Lipinski definition) is 7. The SMILES string of the molecule is CCCCOC(=O)c1ccc(-c2ccc(/C=C3\SC(=O)N(CCOc4cc(C)ccc4C(C)C)C3=O)o2)cc1. The van der Waals surface area contributed by atoms with Crippen LogP contribution in [0.1, 0.15) is 66.8 Å². The molecule has 4 rings (SSSR count). The van der Waals surface area contributed by atoms with E-state index in [1.165, 1.54) is 4.90 Å². The van der Waals surface area contributed by atoms with Crippen molar-refractivity contribution in [2.45, 2.75) is 46.5 Å². The lowest BCUT2D eigenvalue weighted by atomic mass is 10.0. The Morgan fingerprint density at radius 1 is 1.05 bits per heavy atom. The Morgan fingerprint density at radius 3 is 2.54 bits per heavy atom. The van der Waals surface area contributed by atoms with Gasteiger partial charge in [0.15, 0.2) is 0 Å². The standard InChI is InChI=1S/C31H33NO6S/c1-5-6-16-37-30(34)23-10-8-22(9-11-23)26-14-12-24(38-26)19-28-29(33)32(31(35)39-28)15-17-36-27-18-21(4)7-13-25(27)20(2)3/h7-14,18-20H,5-6,15-17H2,1-4H3/b28-19-. The van der Waals surface area contributed by atoms with Crippen LogP contribution in [0.15, 0.2) is 63.9 Å². The number of carbonyl (C=O) groups excluding carboxylic acids is 3. The van der Waals surface area contributed by atoms with Crippen LogP contribution in [-0.2, 0) is 9.53 Å². The van der Waals surface area contributed by atoms with E-state index in [0.717, 1.165) is 47.0 Å². The molecule has 2 amide bonds. The Morgan fingerprint density at radius 2 is 1.82 bits per heavy atom. The van der Waals surface area contributed by atoms with Gasteiger partial charge in [-0.25, -0.2) is 4.79 Å². The van der Waals surface area contributed by atoms with Gasteiger partial charge in [0.1, 0.15) is 23.9 Å². The molecule has 0 aliphatic carbocycles. The molecule has 1 aromatic heterocycles. The van der Waals surface area contributed by atoms with Gasteiger partial charge in [0, 0.05) is 11.6 Å². The number of esters is 1. The minimum Gasteiger partial charge on any atom is -0.491 e. The maximum Gasteiger partial charge on any atom is 0.338 e. The molecule has 1 aliphatic rings. The van der Waals surface area contributed by atoms with E-state index in [0.29, 0.717) is 34.5 Å². The average Bonchev–Trinajstić information content (AvgIpc) is 3.48. The van der Waals surface area contributed by atoms with Crippen molar-refractivity contribution >= 4 is 35.0 Å². The Hall–Kier alpha value is -3.78. The predicted molar refractivity (Wildman–Crippen MR) is 153 cm³/mol. The zero-order chi connectivity index (χ0) is 27.9. The van der Waals surface area contributed by atoms with Crippen molar-refractivity contribution in [2.24, 2.45) is 0 Å². The van der Waals surface area contributed by atoms with Crippen LogP contribution in [0.5, 0.6) is 5.75 Å². The number of benzene rings is 2. The van der Waals surface area contributed by atoms with Crippen molar-refractivity contribution in [3.63, 3.8) is 0 Å². The summed E-state index contributed by atoms with van der Waals surface area (Å²) in [5.74, 6) is 1.39. The molecule has 8 heteroatoms. The fraction of sp³-hybridized carbons (Fsp3) is 0.323. The first kappa shape index (κ1) is 28.2. The number of hydrogen-bond donors (Lipinski definition) is 0. The lowest BCUT2D eigenvalue weighted by molar-refractivity contribution is -0.123. The Labute approximate surface area is 233 Å². The number of aryl methyl sites for hydroxylation is 1. The summed E-state index contributed by atoms with van der Waals surface area (Å²) in [6.45, 7) is 9.00. The molecular formula is C31H33NO6S. The average molecular weight is 548 g/mol. The van der Waals surface area contributed by atoms with Crippen LogP contribution >= 0.6 is 11.8 Å². The minimum atomic E-state index is -0.370. The van der Waals surface area contributed by atoms with Gasteiger partial charge in [-0.05, 0) is 72.5 Å². The monoisotopic (exact) mass is 547 g/mol. The molecular weight excluding hydrogens is 514 g/mol. The molecule has 0 unspecified atom stereocenters. The maximum atomic E-state index is 12.9. The van der Waals surface area contributed by atoms with E-state index in [4.69, 9.17) is 13.9 Å². The van der Waals surface area contributed by atoms with Crippen LogP contribution in [-0.4, -0.2) is 41.8 Å². The number of rotatable bonds is 11. The predicted octanol–water partition coefficient (Wildman–Crippen LogP) is 7.45. The lowest BCUT2D eigenvalue weighted by Gasteiger charge is -2.17. The van der Waals surface area contributed by atoms with Crippen LogP contribution in [0.25, 0.3) is 17.4 Å². The first-order valence-corrected chi connectivity index (χ1v) is 13.9. The summed E-state index contributed by atoms with van der Waals surface area (Å²) < 4.78 is 17.1. The Kier molecular flexibility index (Phi) is 9.30. The first-order valence-electron chi connectivity index (χ1n) is 13.1. The molecule has 204 valence electrons. The molecule has 3 aromatic rings. The highest BCUT2D eigenvalue weighted by atomic mass is 32.2. The number of furan rings is 1. The molecule has 1 aliphatic heterocycles. The molecule has 0 atom stereocenters. The quantitative estimate of drug-likeness (QED) is 0.140. The van der Waals surface area contributed by atoms with E-state index in [1.54, 1.807) is 42.5 Å². The van der Waals surface area contributed by atoms with Gasteiger partial charge >= 0.3 is 5.97 Å². The van der Waals surface area contributed by atoms with Crippen molar-refractivity contribution in [1.82, 2.24) is 4.90 Å². The topological polar surface area (TPSA) is 86.0 Å². The summed E-state index contributed by atoms with van der Waals surface area (Å²) in [5, 5.41) is -0.337. The lowest BCUT2D eigenvalue weighted by Crippen LogP contribution is -2.32. The molecule has 0 N–H and O–H groups in total. The van der Waals surface area contributed by atoms with Crippen molar-refractivity contribution in [3.05, 3.63) is 82.0 Å². The highest BCUT2D eigenvalue weighted by Gasteiger charge is 2.35. The molecule has 2 heterocycles. The molecule has 1 fully saturated rings. The first-order chi connectivity index (χ1) is 18.8. The van der Waals surface area contributed by atoms with Crippen molar-refractivity contribution < 1.29 is 28.3 Å². The number of nitrogens with zero attached hydrogens (tertiary/aromatic N) is 1. The smallest absolute Gasteiger partial charge is 0.338 e. The summed E-state index contributed by atoms with van der Waals surface area (Å²) in [6, 6.07) is 16.6. The van der Waals surface area contributed by atoms with Crippen LogP contribution in [0, 0.1) is 6.92 Å². The van der Waals surface area contributed by atoms with Crippen LogP contribution < -0.4 is 4.74 Å². The van der Waals surface area contributed by atoms with Crippen LogP contribution in [0.4, 0.5) is 4.79 Å². The van der Waals surface area contributed by atoms with E-state index in [1.807, 2.05) is 32.0 Å². The number of ether oxygens (including phenoxy) is 2. The summed E-state index contributed by atoms with van der Waals surface area (Å²) in [5.41, 5.74) is 3.43. The normalized spacial score (nSPS) is 14.5. The number of unbranched alkanes of at least 4 members (excludes halogenated alkanes) is 1. The van der Waals surface area contributed by atoms with Gasteiger partial charge in [-0.3, -0.25) is 14.5 Å². The summed E-state index contributed by atoms with van der Waals surface area (Å²) >= 11 is 0.883. The second kappa shape index (κ2) is 12.8. The third-order valence-electron chi connectivity index (χ3n) is 6.27. The number of imide groups is 1. The third kappa shape index (κ3) is 7.00. The molecule has 0 bridgehead atoms. The molecule has 0 spiro atoms. The van der Waals surface area contributed by atoms with Gasteiger partial charge in [-0.15, -0.1) is 0 Å². The van der Waals surface area contributed by atoms with E-state index in [-0.39, 0.29) is 30.3 Å². The number of amides is 2. The van der Waals surface area contributed by atoms with Gasteiger partial charge < -0.3 is 13.9 Å². The fourth-order valence-corrected chi connectivity index (χ4v) is 4.91. The summed E-state index contributed by atoms with van der Waals surface area (Å²) in [4.78, 5) is 39.1. The molecule has 39 heavy (non-hydrogen) atoms. The zero-order valence-corrected chi connectivity index (χ0v) is 23.5. The molecule has 7 nitrogen and oxygen atoms in total. The van der Waals surface area contributed by atoms with Crippen molar-refractivity contribution in [2.75, 3.05) is 19.8 Å². The minimum absolute atomic E-state index is 0.157. The summed E-state index contributed by atoms with van der Waals surface area (Å²) in [6.07, 6.45) is 3.37. The fourth-order valence-electron chi connectivity index (χ4n) is 4.06. The van der Waals surface area contributed by atoms with Crippen molar-refractivity contribution in [1.29, 1.82) is 0 Å². The van der Waals surface area contributed by atoms with Crippen molar-refractivity contribution in [3.8, 4) is 17.1 Å². The van der Waals surface area contributed by atoms with E-state index in [2.05, 4.69) is 13.8 Å². The highest BCUT2D eigenvalue weighted by molar-refractivity contribution is 8.18. The van der Waals surface area contributed by atoms with Gasteiger partial charge in [0.2, 0.25) is 0 Å². The van der Waals surface area contributed by atoms with Gasteiger partial charge in [-0.1, -0.05) is 51.5 Å². The van der Waals surface area contributed by atoms with E-state index in [9.17, 15) is 14.4 Å². The largest absolute Gasteiger partial charge is 0.491 e. The van der Waals surface area contributed by atoms with Gasteiger partial charge in [0.05, 0.1) is 23.6 Å². The van der Waals surface area contributed by atoms with E-state index < -0.39 is 0 Å². The Balaban J connectivity index is 1.37. The molecule has 2 aromatic carbocycles. The molecule has 0 radical (unpaired) electrons. The molecule has 1 saturated heterocycles. The number of thioether (sulfide) groups is 1. The summed E-state index contributed by atoms with van der Waals surface area (Å²) in [7, 11) is 0. The second-order valence-corrected chi connectivity index (χ2v) is 10.6. The zero-order valence-electron chi connectivity index (χ0n) is 22.7. The van der Waals surface area contributed by atoms with Crippen LogP contribution in [0.2, 0.25) is 0 Å². The molecule has 0 saturated carbocycles. The maximum absolute atomic E-state index is 12.9. The van der Waals surface area contributed by atoms with Crippen LogP contribution in [0.3, 0.4) is 0 Å². The number of carbonyl (C=O) groups is 3. The second-order valence-electron chi connectivity index (χ2n) is 9.65. The van der Waals surface area contributed by atoms with Gasteiger partial charge in [0.25, 0.3) is 11.1 Å². The Bertz CT molecular complexity index is 1370.